The number of nitrogens with one attached hydrogen (secondary N) is 1. The molecule has 0 aliphatic carbocycles. The minimum atomic E-state index is -1.53. The number of aliphatic hydroxyl groups is 1. The van der Waals surface area contributed by atoms with E-state index in [0.29, 0.717) is 47.2 Å². The molecular formula is C25H27ClFN3O5. The van der Waals surface area contributed by atoms with E-state index in [0.717, 1.165) is 0 Å². The second-order valence-corrected chi connectivity index (χ2v) is 8.24. The fourth-order valence-electron chi connectivity index (χ4n) is 3.30. The molecule has 1 atom stereocenters. The Balaban J connectivity index is 1.80. The Bertz CT molecular complexity index is 1210. The van der Waals surface area contributed by atoms with Gasteiger partial charge in [0, 0.05) is 17.7 Å². The molecule has 10 heteroatoms. The number of carbonyl (C=O) groups is 1. The van der Waals surface area contributed by atoms with Crippen molar-refractivity contribution in [2.75, 3.05) is 33.9 Å². The number of halogens is 2. The molecule has 3 rings (SSSR count). The van der Waals surface area contributed by atoms with E-state index in [1.807, 2.05) is 0 Å². The number of benzene rings is 2. The van der Waals surface area contributed by atoms with Gasteiger partial charge in [-0.05, 0) is 55.5 Å². The molecule has 0 fully saturated rings. The monoisotopic (exact) mass is 503 g/mol. The molecule has 1 heterocycles. The van der Waals surface area contributed by atoms with Gasteiger partial charge in [-0.1, -0.05) is 11.6 Å². The molecule has 2 aromatic carbocycles. The van der Waals surface area contributed by atoms with Gasteiger partial charge < -0.3 is 30.4 Å². The molecule has 1 amide bonds. The van der Waals surface area contributed by atoms with Crippen molar-refractivity contribution in [3.63, 3.8) is 0 Å². The maximum atomic E-state index is 13.6. The third kappa shape index (κ3) is 6.19. The number of nitrogens with zero attached hydrogens (tertiary/aromatic N) is 1. The number of nitrogens with two attached hydrogens (primary N) is 1. The van der Waals surface area contributed by atoms with Crippen molar-refractivity contribution >= 4 is 17.5 Å². The topological polar surface area (TPSA) is 116 Å². The van der Waals surface area contributed by atoms with Crippen molar-refractivity contribution in [1.29, 1.82) is 0 Å². The third-order valence-electron chi connectivity index (χ3n) is 5.22. The van der Waals surface area contributed by atoms with Crippen LogP contribution in [-0.2, 0) is 5.60 Å². The van der Waals surface area contributed by atoms with Crippen molar-refractivity contribution in [2.24, 2.45) is 5.73 Å². The number of rotatable bonds is 10. The summed E-state index contributed by atoms with van der Waals surface area (Å²) in [4.78, 5) is 17.3. The van der Waals surface area contributed by atoms with Crippen LogP contribution in [0.25, 0.3) is 11.3 Å². The second-order valence-electron chi connectivity index (χ2n) is 7.84. The zero-order chi connectivity index (χ0) is 25.6. The summed E-state index contributed by atoms with van der Waals surface area (Å²) in [5.74, 6) is 0.291. The quantitative estimate of drug-likeness (QED) is 0.387. The van der Waals surface area contributed by atoms with Crippen molar-refractivity contribution < 1.29 is 28.5 Å². The van der Waals surface area contributed by atoms with Crippen LogP contribution in [0, 0.1) is 5.82 Å². The summed E-state index contributed by atoms with van der Waals surface area (Å²) in [5.41, 5.74) is 5.41. The van der Waals surface area contributed by atoms with Crippen LogP contribution in [0.15, 0.2) is 48.5 Å². The first-order valence-electron chi connectivity index (χ1n) is 10.7. The van der Waals surface area contributed by atoms with E-state index in [9.17, 15) is 14.3 Å². The van der Waals surface area contributed by atoms with Crippen LogP contribution in [-0.4, -0.2) is 49.9 Å². The fourth-order valence-corrected chi connectivity index (χ4v) is 3.48. The molecule has 0 spiro atoms. The molecule has 35 heavy (non-hydrogen) atoms. The highest BCUT2D eigenvalue weighted by molar-refractivity contribution is 6.31. The Labute approximate surface area is 207 Å². The fraction of sp³-hybridized carbons (Fsp3) is 0.280. The Morgan fingerprint density at radius 3 is 2.49 bits per heavy atom. The van der Waals surface area contributed by atoms with Gasteiger partial charge in [-0.15, -0.1) is 0 Å². The smallest absolute Gasteiger partial charge is 0.251 e. The summed E-state index contributed by atoms with van der Waals surface area (Å²) in [6, 6.07) is 12.1. The molecule has 0 saturated heterocycles. The van der Waals surface area contributed by atoms with Crippen LogP contribution >= 0.6 is 11.6 Å². The van der Waals surface area contributed by atoms with E-state index in [-0.39, 0.29) is 17.3 Å². The van der Waals surface area contributed by atoms with E-state index >= 15 is 0 Å². The van der Waals surface area contributed by atoms with E-state index < -0.39 is 17.3 Å². The molecule has 1 unspecified atom stereocenters. The minimum Gasteiger partial charge on any atom is -0.494 e. The standard InChI is InChI=1S/C25H27ClFN3O5/c1-25(32,14-29-24(31)16-5-7-19(35-11-10-28)21(13-16)34-3)22-9-8-20(33-2)23(30-22)15-4-6-18(27)17(26)12-15/h4-9,12-13,32H,10-11,14,28H2,1-3H3,(H,29,31). The van der Waals surface area contributed by atoms with Gasteiger partial charge in [0.05, 0.1) is 31.5 Å². The van der Waals surface area contributed by atoms with Gasteiger partial charge in [0.2, 0.25) is 0 Å². The highest BCUT2D eigenvalue weighted by Gasteiger charge is 2.27. The third-order valence-corrected chi connectivity index (χ3v) is 5.51. The highest BCUT2D eigenvalue weighted by atomic mass is 35.5. The lowest BCUT2D eigenvalue weighted by Crippen LogP contribution is -2.39. The summed E-state index contributed by atoms with van der Waals surface area (Å²) in [6.45, 7) is 2.04. The molecule has 1 aromatic heterocycles. The van der Waals surface area contributed by atoms with Crippen LogP contribution in [0.2, 0.25) is 5.02 Å². The molecule has 0 aliphatic heterocycles. The summed E-state index contributed by atoms with van der Waals surface area (Å²) >= 11 is 5.93. The number of pyridine rings is 1. The predicted octanol–water partition coefficient (Wildman–Crippen LogP) is 3.53. The normalized spacial score (nSPS) is 12.5. The van der Waals surface area contributed by atoms with E-state index in [2.05, 4.69) is 10.3 Å². The lowest BCUT2D eigenvalue weighted by atomic mass is 9.99. The zero-order valence-electron chi connectivity index (χ0n) is 19.6. The Kier molecular flexibility index (Phi) is 8.50. The van der Waals surface area contributed by atoms with Crippen LogP contribution in [0.5, 0.6) is 17.2 Å². The zero-order valence-corrected chi connectivity index (χ0v) is 20.4. The molecule has 0 bridgehead atoms. The average Bonchev–Trinajstić information content (AvgIpc) is 2.87. The second kappa shape index (κ2) is 11.4. The Hall–Kier alpha value is -3.40. The van der Waals surface area contributed by atoms with E-state index in [1.54, 1.807) is 24.3 Å². The maximum absolute atomic E-state index is 13.6. The summed E-state index contributed by atoms with van der Waals surface area (Å²) in [6.07, 6.45) is 0. The molecule has 186 valence electrons. The number of ether oxygens (including phenoxy) is 3. The molecule has 0 aliphatic rings. The average molecular weight is 504 g/mol. The number of hydrogen-bond acceptors (Lipinski definition) is 7. The number of aromatic nitrogens is 1. The SMILES string of the molecule is COc1cc(C(=O)NCC(C)(O)c2ccc(OC)c(-c3ccc(F)c(Cl)c3)n2)ccc1OCCN. The van der Waals surface area contributed by atoms with E-state index in [1.165, 1.54) is 45.4 Å². The molecule has 3 aromatic rings. The molecular weight excluding hydrogens is 477 g/mol. The van der Waals surface area contributed by atoms with Crippen molar-refractivity contribution in [2.45, 2.75) is 12.5 Å². The number of amides is 1. The Morgan fingerprint density at radius 2 is 1.83 bits per heavy atom. The first-order valence-corrected chi connectivity index (χ1v) is 11.1. The Morgan fingerprint density at radius 1 is 1.11 bits per heavy atom. The van der Waals surface area contributed by atoms with Crippen molar-refractivity contribution in [3.05, 3.63) is 70.6 Å². The van der Waals surface area contributed by atoms with Crippen LogP contribution < -0.4 is 25.3 Å². The minimum absolute atomic E-state index is 0.0642. The van der Waals surface area contributed by atoms with Crippen LogP contribution in [0.4, 0.5) is 4.39 Å². The largest absolute Gasteiger partial charge is 0.494 e. The van der Waals surface area contributed by atoms with Crippen molar-refractivity contribution in [1.82, 2.24) is 10.3 Å². The van der Waals surface area contributed by atoms with Gasteiger partial charge >= 0.3 is 0 Å². The number of carbonyl (C=O) groups excluding carboxylic acids is 1. The van der Waals surface area contributed by atoms with Gasteiger partial charge in [-0.25, -0.2) is 9.37 Å². The van der Waals surface area contributed by atoms with Gasteiger partial charge in [0.15, 0.2) is 11.5 Å². The maximum Gasteiger partial charge on any atom is 0.251 e. The molecule has 0 saturated carbocycles. The number of hydrogen-bond donors (Lipinski definition) is 3. The molecule has 8 nitrogen and oxygen atoms in total. The lowest BCUT2D eigenvalue weighted by Gasteiger charge is -2.24. The van der Waals surface area contributed by atoms with Gasteiger partial charge in [0.1, 0.15) is 29.5 Å². The van der Waals surface area contributed by atoms with Crippen molar-refractivity contribution in [3.8, 4) is 28.5 Å². The first kappa shape index (κ1) is 26.2. The van der Waals surface area contributed by atoms with Gasteiger partial charge in [0.25, 0.3) is 5.91 Å². The summed E-state index contributed by atoms with van der Waals surface area (Å²) in [5, 5.41) is 13.7. The van der Waals surface area contributed by atoms with Crippen LogP contribution in [0.1, 0.15) is 23.0 Å². The summed E-state index contributed by atoms with van der Waals surface area (Å²) < 4.78 is 29.8. The first-order chi connectivity index (χ1) is 16.7. The molecule has 0 radical (unpaired) electrons. The van der Waals surface area contributed by atoms with Crippen LogP contribution in [0.3, 0.4) is 0 Å². The van der Waals surface area contributed by atoms with E-state index in [4.69, 9.17) is 31.5 Å². The summed E-state index contributed by atoms with van der Waals surface area (Å²) in [7, 11) is 2.95. The van der Waals surface area contributed by atoms with Gasteiger partial charge in [-0.3, -0.25) is 4.79 Å². The van der Waals surface area contributed by atoms with Gasteiger partial charge in [-0.2, -0.15) is 0 Å². The predicted molar refractivity (Wildman–Crippen MR) is 131 cm³/mol. The number of methoxy groups -OCH3 is 2. The molecule has 4 N–H and O–H groups in total. The highest BCUT2D eigenvalue weighted by Crippen LogP contribution is 2.33. The lowest BCUT2D eigenvalue weighted by molar-refractivity contribution is 0.0489.